The van der Waals surface area contributed by atoms with Gasteiger partial charge in [0.15, 0.2) is 0 Å². The Bertz CT molecular complexity index is 181. The Morgan fingerprint density at radius 3 is 2.53 bits per heavy atom. The van der Waals surface area contributed by atoms with Gasteiger partial charge in [-0.3, -0.25) is 0 Å². The van der Waals surface area contributed by atoms with E-state index >= 15 is 0 Å². The SMILES string of the molecule is NCC1(CNCC2CCOCC2)CCC1. The maximum atomic E-state index is 5.83. The molecule has 0 amide bonds. The van der Waals surface area contributed by atoms with Gasteiger partial charge in [0, 0.05) is 19.8 Å². The average Bonchev–Trinajstić information content (AvgIpc) is 2.24. The summed E-state index contributed by atoms with van der Waals surface area (Å²) in [6, 6.07) is 0. The molecule has 0 aromatic rings. The van der Waals surface area contributed by atoms with Crippen LogP contribution in [0.15, 0.2) is 0 Å². The predicted molar refractivity (Wildman–Crippen MR) is 61.8 cm³/mol. The van der Waals surface area contributed by atoms with E-state index in [1.165, 1.54) is 32.1 Å². The molecule has 15 heavy (non-hydrogen) atoms. The lowest BCUT2D eigenvalue weighted by Crippen LogP contribution is -2.46. The molecule has 3 heteroatoms. The first kappa shape index (κ1) is 11.4. The fourth-order valence-corrected chi connectivity index (χ4v) is 2.62. The van der Waals surface area contributed by atoms with Gasteiger partial charge in [0.05, 0.1) is 0 Å². The highest BCUT2D eigenvalue weighted by atomic mass is 16.5. The molecule has 0 unspecified atom stereocenters. The molecule has 2 aliphatic rings. The Morgan fingerprint density at radius 2 is 2.00 bits per heavy atom. The van der Waals surface area contributed by atoms with E-state index in [0.29, 0.717) is 5.41 Å². The first-order valence-electron chi connectivity index (χ1n) is 6.33. The molecule has 88 valence electrons. The van der Waals surface area contributed by atoms with Crippen molar-refractivity contribution in [2.45, 2.75) is 32.1 Å². The third-order valence-electron chi connectivity index (χ3n) is 4.12. The number of hydrogen-bond acceptors (Lipinski definition) is 3. The van der Waals surface area contributed by atoms with Crippen molar-refractivity contribution >= 4 is 0 Å². The quantitative estimate of drug-likeness (QED) is 0.718. The topological polar surface area (TPSA) is 47.3 Å². The molecule has 0 aromatic carbocycles. The lowest BCUT2D eigenvalue weighted by molar-refractivity contribution is 0.0632. The van der Waals surface area contributed by atoms with Crippen molar-refractivity contribution in [3.63, 3.8) is 0 Å². The van der Waals surface area contributed by atoms with Crippen molar-refractivity contribution in [3.05, 3.63) is 0 Å². The molecule has 0 radical (unpaired) electrons. The summed E-state index contributed by atoms with van der Waals surface area (Å²) in [6.45, 7) is 5.04. The Kier molecular flexibility index (Phi) is 4.00. The minimum atomic E-state index is 0.450. The number of nitrogens with one attached hydrogen (secondary N) is 1. The largest absolute Gasteiger partial charge is 0.381 e. The van der Waals surface area contributed by atoms with Crippen LogP contribution < -0.4 is 11.1 Å². The lowest BCUT2D eigenvalue weighted by Gasteiger charge is -2.41. The summed E-state index contributed by atoms with van der Waals surface area (Å²) in [7, 11) is 0. The number of rotatable bonds is 5. The van der Waals surface area contributed by atoms with E-state index < -0.39 is 0 Å². The van der Waals surface area contributed by atoms with E-state index in [1.807, 2.05) is 0 Å². The van der Waals surface area contributed by atoms with Gasteiger partial charge in [0.2, 0.25) is 0 Å². The standard InChI is InChI=1S/C12H24N2O/c13-9-12(4-1-5-12)10-14-8-11-2-6-15-7-3-11/h11,14H,1-10,13H2. The molecule has 0 spiro atoms. The Hall–Kier alpha value is -0.120. The van der Waals surface area contributed by atoms with Crippen LogP contribution in [-0.2, 0) is 4.74 Å². The van der Waals surface area contributed by atoms with Crippen LogP contribution in [0.3, 0.4) is 0 Å². The normalized spacial score (nSPS) is 26.2. The van der Waals surface area contributed by atoms with Gasteiger partial charge in [-0.15, -0.1) is 0 Å². The van der Waals surface area contributed by atoms with Gasteiger partial charge in [-0.05, 0) is 50.1 Å². The Labute approximate surface area is 92.7 Å². The number of hydrogen-bond donors (Lipinski definition) is 2. The molecular formula is C12H24N2O. The molecule has 1 saturated carbocycles. The summed E-state index contributed by atoms with van der Waals surface area (Å²) >= 11 is 0. The molecule has 1 heterocycles. The summed E-state index contributed by atoms with van der Waals surface area (Å²) in [5.74, 6) is 0.827. The van der Waals surface area contributed by atoms with Crippen LogP contribution in [0.25, 0.3) is 0 Å². The summed E-state index contributed by atoms with van der Waals surface area (Å²) < 4.78 is 5.35. The molecule has 1 aliphatic carbocycles. The first-order chi connectivity index (χ1) is 7.35. The second-order valence-electron chi connectivity index (χ2n) is 5.24. The van der Waals surface area contributed by atoms with E-state index in [-0.39, 0.29) is 0 Å². The zero-order chi connectivity index (χ0) is 10.6. The van der Waals surface area contributed by atoms with Crippen molar-refractivity contribution < 1.29 is 4.74 Å². The lowest BCUT2D eigenvalue weighted by atomic mass is 9.69. The van der Waals surface area contributed by atoms with E-state index in [0.717, 1.165) is 38.8 Å². The van der Waals surface area contributed by atoms with Crippen LogP contribution in [-0.4, -0.2) is 32.8 Å². The maximum Gasteiger partial charge on any atom is 0.0469 e. The maximum absolute atomic E-state index is 5.83. The third kappa shape index (κ3) is 2.92. The van der Waals surface area contributed by atoms with Crippen molar-refractivity contribution in [2.24, 2.45) is 17.1 Å². The van der Waals surface area contributed by atoms with Crippen LogP contribution in [0.5, 0.6) is 0 Å². The highest BCUT2D eigenvalue weighted by Gasteiger charge is 2.35. The summed E-state index contributed by atoms with van der Waals surface area (Å²) in [6.07, 6.45) is 6.47. The number of nitrogens with two attached hydrogens (primary N) is 1. The van der Waals surface area contributed by atoms with E-state index in [9.17, 15) is 0 Å². The predicted octanol–water partition coefficient (Wildman–Crippen LogP) is 1.13. The van der Waals surface area contributed by atoms with Gasteiger partial charge in [-0.25, -0.2) is 0 Å². The van der Waals surface area contributed by atoms with Crippen molar-refractivity contribution in [1.82, 2.24) is 5.32 Å². The van der Waals surface area contributed by atoms with Gasteiger partial charge in [-0.1, -0.05) is 6.42 Å². The van der Waals surface area contributed by atoms with E-state index in [1.54, 1.807) is 0 Å². The van der Waals surface area contributed by atoms with Gasteiger partial charge in [-0.2, -0.15) is 0 Å². The summed E-state index contributed by atoms with van der Waals surface area (Å²) in [4.78, 5) is 0. The minimum absolute atomic E-state index is 0.450. The summed E-state index contributed by atoms with van der Waals surface area (Å²) in [5, 5.41) is 3.61. The first-order valence-corrected chi connectivity index (χ1v) is 6.33. The van der Waals surface area contributed by atoms with Gasteiger partial charge < -0.3 is 15.8 Å². The van der Waals surface area contributed by atoms with Crippen molar-refractivity contribution in [2.75, 3.05) is 32.8 Å². The monoisotopic (exact) mass is 212 g/mol. The highest BCUT2D eigenvalue weighted by Crippen LogP contribution is 2.39. The molecule has 3 N–H and O–H groups in total. The fourth-order valence-electron chi connectivity index (χ4n) is 2.62. The number of ether oxygens (including phenoxy) is 1. The van der Waals surface area contributed by atoms with E-state index in [2.05, 4.69) is 5.32 Å². The van der Waals surface area contributed by atoms with Crippen LogP contribution in [0, 0.1) is 11.3 Å². The van der Waals surface area contributed by atoms with Crippen LogP contribution >= 0.6 is 0 Å². The van der Waals surface area contributed by atoms with Crippen LogP contribution in [0.2, 0.25) is 0 Å². The third-order valence-corrected chi connectivity index (χ3v) is 4.12. The van der Waals surface area contributed by atoms with Crippen molar-refractivity contribution in [3.8, 4) is 0 Å². The molecule has 0 bridgehead atoms. The molecular weight excluding hydrogens is 188 g/mol. The Balaban J connectivity index is 1.61. The van der Waals surface area contributed by atoms with Crippen LogP contribution in [0.4, 0.5) is 0 Å². The van der Waals surface area contributed by atoms with E-state index in [4.69, 9.17) is 10.5 Å². The second kappa shape index (κ2) is 5.28. The molecule has 0 atom stereocenters. The molecule has 2 rings (SSSR count). The Morgan fingerprint density at radius 1 is 1.27 bits per heavy atom. The van der Waals surface area contributed by atoms with Crippen molar-refractivity contribution in [1.29, 1.82) is 0 Å². The molecule has 1 saturated heterocycles. The van der Waals surface area contributed by atoms with Gasteiger partial charge in [0.1, 0.15) is 0 Å². The molecule has 2 fully saturated rings. The smallest absolute Gasteiger partial charge is 0.0469 e. The fraction of sp³-hybridized carbons (Fsp3) is 1.00. The molecule has 3 nitrogen and oxygen atoms in total. The minimum Gasteiger partial charge on any atom is -0.381 e. The molecule has 1 aliphatic heterocycles. The van der Waals surface area contributed by atoms with Gasteiger partial charge >= 0.3 is 0 Å². The average molecular weight is 212 g/mol. The zero-order valence-electron chi connectivity index (χ0n) is 9.63. The summed E-state index contributed by atoms with van der Waals surface area (Å²) in [5.41, 5.74) is 6.28. The highest BCUT2D eigenvalue weighted by molar-refractivity contribution is 4.90. The second-order valence-corrected chi connectivity index (χ2v) is 5.24. The van der Waals surface area contributed by atoms with Gasteiger partial charge in [0.25, 0.3) is 0 Å². The van der Waals surface area contributed by atoms with Crippen LogP contribution in [0.1, 0.15) is 32.1 Å². The zero-order valence-corrected chi connectivity index (χ0v) is 9.63. The molecule has 0 aromatic heterocycles.